The molecule has 0 aromatic heterocycles. The summed E-state index contributed by atoms with van der Waals surface area (Å²) < 4.78 is 0.583. The minimum atomic E-state index is -1.06. The molecule has 0 aliphatic heterocycles. The number of hydrogen-bond acceptors (Lipinski definition) is 2. The van der Waals surface area contributed by atoms with Crippen LogP contribution in [0.15, 0.2) is 22.7 Å². The van der Waals surface area contributed by atoms with Crippen molar-refractivity contribution in [1.82, 2.24) is 4.90 Å². The smallest absolute Gasteiger partial charge is 0.323 e. The van der Waals surface area contributed by atoms with Crippen LogP contribution in [0.25, 0.3) is 0 Å². The van der Waals surface area contributed by atoms with E-state index in [0.29, 0.717) is 15.1 Å². The van der Waals surface area contributed by atoms with E-state index < -0.39 is 11.9 Å². The quantitative estimate of drug-likeness (QED) is 0.932. The fraction of sp³-hybridized carbons (Fsp3) is 0.200. The highest BCUT2D eigenvalue weighted by atomic mass is 79.9. The van der Waals surface area contributed by atoms with E-state index in [9.17, 15) is 9.59 Å². The van der Waals surface area contributed by atoms with Crippen LogP contribution in [-0.4, -0.2) is 35.5 Å². The Hall–Kier alpha value is -1.07. The SMILES string of the molecule is CN(CC(=O)O)C(=O)c1cc(Cl)ccc1Br. The van der Waals surface area contributed by atoms with Gasteiger partial charge in [0.15, 0.2) is 0 Å². The Morgan fingerprint density at radius 3 is 2.69 bits per heavy atom. The summed E-state index contributed by atoms with van der Waals surface area (Å²) >= 11 is 8.98. The molecule has 0 saturated carbocycles. The summed E-state index contributed by atoms with van der Waals surface area (Å²) in [6.45, 7) is -0.349. The van der Waals surface area contributed by atoms with E-state index in [2.05, 4.69) is 15.9 Å². The first-order valence-corrected chi connectivity index (χ1v) is 5.51. The highest BCUT2D eigenvalue weighted by Gasteiger charge is 2.17. The minimum absolute atomic E-state index is 0.344. The van der Waals surface area contributed by atoms with Crippen molar-refractivity contribution in [3.05, 3.63) is 33.3 Å². The number of rotatable bonds is 3. The molecule has 0 radical (unpaired) electrons. The molecule has 86 valence electrons. The lowest BCUT2D eigenvalue weighted by molar-refractivity contribution is -0.137. The summed E-state index contributed by atoms with van der Waals surface area (Å²) in [7, 11) is 1.42. The average molecular weight is 307 g/mol. The van der Waals surface area contributed by atoms with Crippen molar-refractivity contribution in [3.63, 3.8) is 0 Å². The van der Waals surface area contributed by atoms with Crippen molar-refractivity contribution in [1.29, 1.82) is 0 Å². The molecule has 0 fully saturated rings. The molecule has 1 aromatic rings. The third kappa shape index (κ3) is 3.21. The average Bonchev–Trinajstić information content (AvgIpc) is 2.19. The van der Waals surface area contributed by atoms with Crippen LogP contribution in [0, 0.1) is 0 Å². The third-order valence-corrected chi connectivity index (χ3v) is 2.80. The molecule has 1 N–H and O–H groups in total. The van der Waals surface area contributed by atoms with Gasteiger partial charge in [-0.05, 0) is 34.1 Å². The molecule has 16 heavy (non-hydrogen) atoms. The Morgan fingerprint density at radius 2 is 2.12 bits per heavy atom. The molecular weight excluding hydrogens is 297 g/mol. The van der Waals surface area contributed by atoms with Crippen LogP contribution in [-0.2, 0) is 4.79 Å². The standard InChI is InChI=1S/C10H9BrClNO3/c1-13(5-9(14)15)10(16)7-4-6(12)2-3-8(7)11/h2-4H,5H2,1H3,(H,14,15). The fourth-order valence-electron chi connectivity index (χ4n) is 1.14. The second-order valence-corrected chi connectivity index (χ2v) is 4.47. The van der Waals surface area contributed by atoms with Gasteiger partial charge in [-0.15, -0.1) is 0 Å². The zero-order valence-electron chi connectivity index (χ0n) is 8.41. The van der Waals surface area contributed by atoms with Gasteiger partial charge in [0.05, 0.1) is 5.56 Å². The van der Waals surface area contributed by atoms with Crippen molar-refractivity contribution in [3.8, 4) is 0 Å². The van der Waals surface area contributed by atoms with Crippen molar-refractivity contribution in [2.24, 2.45) is 0 Å². The fourth-order valence-corrected chi connectivity index (χ4v) is 1.73. The number of hydrogen-bond donors (Lipinski definition) is 1. The molecule has 0 aliphatic rings. The maximum absolute atomic E-state index is 11.8. The van der Waals surface area contributed by atoms with Crippen molar-refractivity contribution >= 4 is 39.4 Å². The van der Waals surface area contributed by atoms with Gasteiger partial charge in [-0.25, -0.2) is 0 Å². The van der Waals surface area contributed by atoms with E-state index in [1.165, 1.54) is 13.1 Å². The van der Waals surface area contributed by atoms with Crippen LogP contribution in [0.3, 0.4) is 0 Å². The van der Waals surface area contributed by atoms with Crippen LogP contribution < -0.4 is 0 Å². The Morgan fingerprint density at radius 1 is 1.50 bits per heavy atom. The van der Waals surface area contributed by atoms with Gasteiger partial charge in [-0.3, -0.25) is 9.59 Å². The molecule has 1 amide bonds. The number of carbonyl (C=O) groups excluding carboxylic acids is 1. The first kappa shape index (κ1) is 13.0. The highest BCUT2D eigenvalue weighted by Crippen LogP contribution is 2.22. The first-order chi connectivity index (χ1) is 7.41. The van der Waals surface area contributed by atoms with E-state index in [4.69, 9.17) is 16.7 Å². The Labute approximate surface area is 106 Å². The predicted molar refractivity (Wildman–Crippen MR) is 63.7 cm³/mol. The Bertz CT molecular complexity index is 436. The summed E-state index contributed by atoms with van der Waals surface area (Å²) in [5.74, 6) is -1.45. The van der Waals surface area contributed by atoms with Crippen LogP contribution in [0.2, 0.25) is 5.02 Å². The number of aliphatic carboxylic acids is 1. The molecule has 0 atom stereocenters. The van der Waals surface area contributed by atoms with Gasteiger partial charge in [0, 0.05) is 16.5 Å². The number of halogens is 2. The van der Waals surface area contributed by atoms with Gasteiger partial charge in [0.1, 0.15) is 6.54 Å². The second kappa shape index (κ2) is 5.32. The van der Waals surface area contributed by atoms with Crippen molar-refractivity contribution in [2.45, 2.75) is 0 Å². The van der Waals surface area contributed by atoms with Crippen LogP contribution >= 0.6 is 27.5 Å². The van der Waals surface area contributed by atoms with Crippen LogP contribution in [0.5, 0.6) is 0 Å². The largest absolute Gasteiger partial charge is 0.480 e. The third-order valence-electron chi connectivity index (χ3n) is 1.88. The molecule has 0 aliphatic carbocycles. The maximum Gasteiger partial charge on any atom is 0.323 e. The Kier molecular flexibility index (Phi) is 4.32. The number of nitrogens with zero attached hydrogens (tertiary/aromatic N) is 1. The van der Waals surface area contributed by atoms with Gasteiger partial charge >= 0.3 is 5.97 Å². The molecule has 0 saturated heterocycles. The molecule has 6 heteroatoms. The summed E-state index contributed by atoms with van der Waals surface area (Å²) in [6.07, 6.45) is 0. The van der Waals surface area contributed by atoms with Crippen LogP contribution in [0.1, 0.15) is 10.4 Å². The highest BCUT2D eigenvalue weighted by molar-refractivity contribution is 9.10. The van der Waals surface area contributed by atoms with Gasteiger partial charge in [0.25, 0.3) is 5.91 Å². The summed E-state index contributed by atoms with van der Waals surface area (Å²) in [4.78, 5) is 23.4. The normalized spacial score (nSPS) is 9.94. The predicted octanol–water partition coefficient (Wildman–Crippen LogP) is 2.26. The molecule has 0 bridgehead atoms. The molecule has 1 rings (SSSR count). The zero-order chi connectivity index (χ0) is 12.3. The molecule has 4 nitrogen and oxygen atoms in total. The molecular formula is C10H9BrClNO3. The number of carboxylic acids is 1. The van der Waals surface area contributed by atoms with Gasteiger partial charge in [-0.2, -0.15) is 0 Å². The topological polar surface area (TPSA) is 57.6 Å². The molecule has 0 spiro atoms. The number of amides is 1. The molecule has 1 aromatic carbocycles. The second-order valence-electron chi connectivity index (χ2n) is 3.18. The first-order valence-electron chi connectivity index (χ1n) is 4.34. The number of carboxylic acid groups (broad SMARTS) is 1. The summed E-state index contributed by atoms with van der Waals surface area (Å²) in [5, 5.41) is 9.00. The monoisotopic (exact) mass is 305 g/mol. The number of carbonyl (C=O) groups is 2. The Balaban J connectivity index is 2.95. The number of benzene rings is 1. The van der Waals surface area contributed by atoms with E-state index in [0.717, 1.165) is 4.90 Å². The lowest BCUT2D eigenvalue weighted by Gasteiger charge is -2.15. The van der Waals surface area contributed by atoms with E-state index >= 15 is 0 Å². The van der Waals surface area contributed by atoms with E-state index in [1.807, 2.05) is 0 Å². The lowest BCUT2D eigenvalue weighted by atomic mass is 10.2. The van der Waals surface area contributed by atoms with Gasteiger partial charge < -0.3 is 10.0 Å². The van der Waals surface area contributed by atoms with Crippen LogP contribution in [0.4, 0.5) is 0 Å². The van der Waals surface area contributed by atoms with Crippen molar-refractivity contribution < 1.29 is 14.7 Å². The molecule has 0 unspecified atom stereocenters. The van der Waals surface area contributed by atoms with Crippen molar-refractivity contribution in [2.75, 3.05) is 13.6 Å². The number of likely N-dealkylation sites (N-methyl/N-ethyl adjacent to an activating group) is 1. The summed E-state index contributed by atoms with van der Waals surface area (Å²) in [6, 6.07) is 4.77. The van der Waals surface area contributed by atoms with Gasteiger partial charge in [-0.1, -0.05) is 11.6 Å². The van der Waals surface area contributed by atoms with E-state index in [-0.39, 0.29) is 6.54 Å². The molecule has 0 heterocycles. The van der Waals surface area contributed by atoms with E-state index in [1.54, 1.807) is 12.1 Å². The minimum Gasteiger partial charge on any atom is -0.480 e. The maximum atomic E-state index is 11.8. The lowest BCUT2D eigenvalue weighted by Crippen LogP contribution is -2.32. The van der Waals surface area contributed by atoms with Gasteiger partial charge in [0.2, 0.25) is 0 Å². The zero-order valence-corrected chi connectivity index (χ0v) is 10.7. The summed E-state index contributed by atoms with van der Waals surface area (Å²) in [5.41, 5.74) is 0.344.